The summed E-state index contributed by atoms with van der Waals surface area (Å²) in [5.74, 6) is 0.616. The molecule has 2 aliphatic rings. The van der Waals surface area contributed by atoms with Crippen molar-refractivity contribution in [3.05, 3.63) is 0 Å². The lowest BCUT2D eigenvalue weighted by Gasteiger charge is -2.37. The molecule has 2 fully saturated rings. The molecule has 22 heavy (non-hydrogen) atoms. The number of rotatable bonds is 5. The van der Waals surface area contributed by atoms with E-state index in [1.54, 1.807) is 0 Å². The van der Waals surface area contributed by atoms with Crippen LogP contribution < -0.4 is 11.1 Å². The van der Waals surface area contributed by atoms with Gasteiger partial charge in [0, 0.05) is 26.1 Å². The Kier molecular flexibility index (Phi) is 7.63. The standard InChI is InChI=1S/C16H29N3O2.ClH/c1-2-6-14(20)18-11-13-7-5-10-19(12-13)15(21)16(17)8-3-4-9-16;/h13H,2-12,17H2,1H3,(H,18,20);1H. The maximum Gasteiger partial charge on any atom is 0.242 e. The van der Waals surface area contributed by atoms with E-state index in [4.69, 9.17) is 5.73 Å². The fourth-order valence-corrected chi connectivity index (χ4v) is 3.52. The van der Waals surface area contributed by atoms with E-state index in [0.717, 1.165) is 58.0 Å². The first kappa shape index (κ1) is 19.2. The highest BCUT2D eigenvalue weighted by molar-refractivity contribution is 5.86. The quantitative estimate of drug-likeness (QED) is 0.807. The van der Waals surface area contributed by atoms with Gasteiger partial charge in [-0.25, -0.2) is 0 Å². The fraction of sp³-hybridized carbons (Fsp3) is 0.875. The number of nitrogens with two attached hydrogens (primary N) is 1. The van der Waals surface area contributed by atoms with Gasteiger partial charge in [0.1, 0.15) is 0 Å². The molecule has 0 aromatic heterocycles. The molecular weight excluding hydrogens is 302 g/mol. The number of nitrogens with zero attached hydrogens (tertiary/aromatic N) is 1. The molecule has 1 aliphatic heterocycles. The van der Waals surface area contributed by atoms with E-state index in [2.05, 4.69) is 5.32 Å². The lowest BCUT2D eigenvalue weighted by molar-refractivity contribution is -0.138. The van der Waals surface area contributed by atoms with Gasteiger partial charge in [0.15, 0.2) is 0 Å². The molecule has 128 valence electrons. The van der Waals surface area contributed by atoms with Gasteiger partial charge in [0.05, 0.1) is 5.54 Å². The van der Waals surface area contributed by atoms with Crippen molar-refractivity contribution in [1.29, 1.82) is 0 Å². The Labute approximate surface area is 139 Å². The second-order valence-electron chi connectivity index (χ2n) is 6.68. The number of carbonyl (C=O) groups excluding carboxylic acids is 2. The molecule has 6 heteroatoms. The van der Waals surface area contributed by atoms with E-state index in [9.17, 15) is 9.59 Å². The van der Waals surface area contributed by atoms with Crippen molar-refractivity contribution >= 4 is 24.2 Å². The number of nitrogens with one attached hydrogen (secondary N) is 1. The molecule has 2 rings (SSSR count). The summed E-state index contributed by atoms with van der Waals surface area (Å²) >= 11 is 0. The van der Waals surface area contributed by atoms with Crippen molar-refractivity contribution in [2.75, 3.05) is 19.6 Å². The van der Waals surface area contributed by atoms with Crippen molar-refractivity contribution in [2.45, 2.75) is 63.8 Å². The van der Waals surface area contributed by atoms with Gasteiger partial charge in [-0.05, 0) is 38.0 Å². The summed E-state index contributed by atoms with van der Waals surface area (Å²) in [6.45, 7) is 4.24. The Balaban J connectivity index is 0.00000242. The van der Waals surface area contributed by atoms with Gasteiger partial charge in [-0.15, -0.1) is 12.4 Å². The largest absolute Gasteiger partial charge is 0.356 e. The summed E-state index contributed by atoms with van der Waals surface area (Å²) < 4.78 is 0. The van der Waals surface area contributed by atoms with Crippen LogP contribution in [-0.2, 0) is 9.59 Å². The molecule has 0 spiro atoms. The summed E-state index contributed by atoms with van der Waals surface area (Å²) in [6.07, 6.45) is 7.31. The van der Waals surface area contributed by atoms with E-state index in [-0.39, 0.29) is 24.2 Å². The molecule has 0 bridgehead atoms. The van der Waals surface area contributed by atoms with Crippen LogP contribution in [0.5, 0.6) is 0 Å². The van der Waals surface area contributed by atoms with Crippen LogP contribution in [0.2, 0.25) is 0 Å². The van der Waals surface area contributed by atoms with Crippen LogP contribution in [0.4, 0.5) is 0 Å². The summed E-state index contributed by atoms with van der Waals surface area (Å²) in [7, 11) is 0. The first-order valence-electron chi connectivity index (χ1n) is 8.40. The SMILES string of the molecule is CCCC(=O)NCC1CCCN(C(=O)C2(N)CCCC2)C1.Cl. The van der Waals surface area contributed by atoms with Gasteiger partial charge < -0.3 is 16.0 Å². The number of amides is 2. The van der Waals surface area contributed by atoms with Gasteiger partial charge in [-0.1, -0.05) is 19.8 Å². The average Bonchev–Trinajstić information content (AvgIpc) is 2.93. The van der Waals surface area contributed by atoms with Crippen LogP contribution >= 0.6 is 12.4 Å². The molecule has 0 aromatic rings. The molecular formula is C16H30ClN3O2. The summed E-state index contributed by atoms with van der Waals surface area (Å²) in [5, 5.41) is 2.98. The molecule has 1 saturated carbocycles. The third-order valence-electron chi connectivity index (χ3n) is 4.79. The molecule has 0 aromatic carbocycles. The topological polar surface area (TPSA) is 75.4 Å². The van der Waals surface area contributed by atoms with E-state index < -0.39 is 5.54 Å². The Morgan fingerprint density at radius 1 is 1.27 bits per heavy atom. The Bertz CT molecular complexity index is 384. The van der Waals surface area contributed by atoms with Crippen LogP contribution in [0.15, 0.2) is 0 Å². The third-order valence-corrected chi connectivity index (χ3v) is 4.79. The first-order chi connectivity index (χ1) is 10.0. The number of piperidine rings is 1. The molecule has 2 amide bonds. The maximum atomic E-state index is 12.6. The van der Waals surface area contributed by atoms with E-state index in [1.165, 1.54) is 0 Å². The van der Waals surface area contributed by atoms with Crippen molar-refractivity contribution in [3.8, 4) is 0 Å². The highest BCUT2D eigenvalue weighted by Crippen LogP contribution is 2.30. The number of hydrogen-bond donors (Lipinski definition) is 2. The first-order valence-corrected chi connectivity index (χ1v) is 8.40. The normalized spacial score (nSPS) is 23.7. The minimum absolute atomic E-state index is 0. The fourth-order valence-electron chi connectivity index (χ4n) is 3.52. The van der Waals surface area contributed by atoms with Crippen LogP contribution in [0.3, 0.4) is 0 Å². The van der Waals surface area contributed by atoms with Crippen molar-refractivity contribution in [1.82, 2.24) is 10.2 Å². The molecule has 1 aliphatic carbocycles. The Morgan fingerprint density at radius 2 is 1.95 bits per heavy atom. The number of likely N-dealkylation sites (tertiary alicyclic amines) is 1. The Hall–Kier alpha value is -0.810. The van der Waals surface area contributed by atoms with Gasteiger partial charge in [-0.3, -0.25) is 9.59 Å². The molecule has 5 nitrogen and oxygen atoms in total. The lowest BCUT2D eigenvalue weighted by atomic mass is 9.92. The molecule has 0 radical (unpaired) electrons. The van der Waals surface area contributed by atoms with Gasteiger partial charge in [-0.2, -0.15) is 0 Å². The molecule has 3 N–H and O–H groups in total. The second-order valence-corrected chi connectivity index (χ2v) is 6.68. The number of carbonyl (C=O) groups is 2. The summed E-state index contributed by atoms with van der Waals surface area (Å²) in [5.41, 5.74) is 5.66. The predicted molar refractivity (Wildman–Crippen MR) is 89.9 cm³/mol. The van der Waals surface area contributed by atoms with Crippen molar-refractivity contribution in [2.24, 2.45) is 11.7 Å². The zero-order valence-corrected chi connectivity index (χ0v) is 14.4. The average molecular weight is 332 g/mol. The highest BCUT2D eigenvalue weighted by atomic mass is 35.5. The van der Waals surface area contributed by atoms with Gasteiger partial charge in [0.2, 0.25) is 11.8 Å². The van der Waals surface area contributed by atoms with Crippen molar-refractivity contribution in [3.63, 3.8) is 0 Å². The minimum Gasteiger partial charge on any atom is -0.356 e. The molecule has 1 atom stereocenters. The summed E-state index contributed by atoms with van der Waals surface area (Å²) in [4.78, 5) is 26.1. The van der Waals surface area contributed by atoms with E-state index in [1.807, 2.05) is 11.8 Å². The molecule has 1 saturated heterocycles. The molecule has 1 heterocycles. The maximum absolute atomic E-state index is 12.6. The zero-order valence-electron chi connectivity index (χ0n) is 13.6. The van der Waals surface area contributed by atoms with Crippen LogP contribution in [0.25, 0.3) is 0 Å². The van der Waals surface area contributed by atoms with Crippen LogP contribution in [0.1, 0.15) is 58.3 Å². The highest BCUT2D eigenvalue weighted by Gasteiger charge is 2.40. The monoisotopic (exact) mass is 331 g/mol. The smallest absolute Gasteiger partial charge is 0.242 e. The van der Waals surface area contributed by atoms with Crippen LogP contribution in [0, 0.1) is 5.92 Å². The zero-order chi connectivity index (χ0) is 15.3. The predicted octanol–water partition coefficient (Wildman–Crippen LogP) is 1.83. The van der Waals surface area contributed by atoms with Gasteiger partial charge in [0.25, 0.3) is 0 Å². The molecule has 1 unspecified atom stereocenters. The summed E-state index contributed by atoms with van der Waals surface area (Å²) in [6, 6.07) is 0. The number of hydrogen-bond acceptors (Lipinski definition) is 3. The third kappa shape index (κ3) is 4.85. The number of halogens is 1. The van der Waals surface area contributed by atoms with Crippen molar-refractivity contribution < 1.29 is 9.59 Å². The Morgan fingerprint density at radius 3 is 2.59 bits per heavy atom. The lowest BCUT2D eigenvalue weighted by Crippen LogP contribution is -2.56. The van der Waals surface area contributed by atoms with E-state index in [0.29, 0.717) is 18.9 Å². The van der Waals surface area contributed by atoms with E-state index >= 15 is 0 Å². The minimum atomic E-state index is -0.618. The van der Waals surface area contributed by atoms with Crippen LogP contribution in [-0.4, -0.2) is 41.9 Å². The second kappa shape index (κ2) is 8.73. The van der Waals surface area contributed by atoms with Gasteiger partial charge >= 0.3 is 0 Å².